The Bertz CT molecular complexity index is 406. The number of H-pyrrole nitrogens is 1. The zero-order valence-corrected chi connectivity index (χ0v) is 9.73. The Morgan fingerprint density at radius 2 is 2.44 bits per heavy atom. The number of aromatic amines is 1. The van der Waals surface area contributed by atoms with E-state index in [0.717, 1.165) is 42.8 Å². The molecule has 1 atom stereocenters. The molecule has 0 spiro atoms. The van der Waals surface area contributed by atoms with Crippen LogP contribution in [0.3, 0.4) is 0 Å². The summed E-state index contributed by atoms with van der Waals surface area (Å²) in [6.07, 6.45) is 3.13. The first-order chi connectivity index (χ1) is 7.75. The molecule has 2 rings (SSSR count). The molecule has 0 aromatic carbocycles. The average Bonchev–Trinajstić information content (AvgIpc) is 2.73. The van der Waals surface area contributed by atoms with Gasteiger partial charge in [0, 0.05) is 11.1 Å². The Kier molecular flexibility index (Phi) is 3.74. The molecule has 1 aliphatic heterocycles. The van der Waals surface area contributed by atoms with Crippen molar-refractivity contribution in [3.05, 3.63) is 20.7 Å². The largest absolute Gasteiger partial charge is 0.349 e. The fraction of sp³-hybridized carbons (Fsp3) is 0.600. The molecule has 1 aromatic heterocycles. The fourth-order valence-corrected chi connectivity index (χ4v) is 2.36. The Morgan fingerprint density at radius 3 is 3.06 bits per heavy atom. The molecular formula is C10H15N3O2S. The highest BCUT2D eigenvalue weighted by Crippen LogP contribution is 2.07. The van der Waals surface area contributed by atoms with Gasteiger partial charge in [-0.3, -0.25) is 9.59 Å². The van der Waals surface area contributed by atoms with Gasteiger partial charge in [0.25, 0.3) is 0 Å². The zero-order valence-electron chi connectivity index (χ0n) is 8.91. The van der Waals surface area contributed by atoms with Crippen LogP contribution in [0.25, 0.3) is 0 Å². The Labute approximate surface area is 97.3 Å². The van der Waals surface area contributed by atoms with Crippen molar-refractivity contribution in [2.45, 2.75) is 31.8 Å². The first-order valence-corrected chi connectivity index (χ1v) is 6.31. The Balaban J connectivity index is 1.81. The van der Waals surface area contributed by atoms with E-state index in [2.05, 4.69) is 15.6 Å². The van der Waals surface area contributed by atoms with E-state index in [9.17, 15) is 9.59 Å². The lowest BCUT2D eigenvalue weighted by Gasteiger charge is -2.22. The summed E-state index contributed by atoms with van der Waals surface area (Å²) in [6.45, 7) is 1.31. The molecule has 1 amide bonds. The third-order valence-electron chi connectivity index (χ3n) is 2.65. The second-order valence-corrected chi connectivity index (χ2v) is 4.74. The van der Waals surface area contributed by atoms with Crippen LogP contribution in [-0.2, 0) is 11.3 Å². The molecule has 1 fully saturated rings. The number of thiazole rings is 1. The lowest BCUT2D eigenvalue weighted by atomic mass is 10.0. The Morgan fingerprint density at radius 1 is 1.56 bits per heavy atom. The van der Waals surface area contributed by atoms with Gasteiger partial charge in [-0.15, -0.1) is 0 Å². The maximum Gasteiger partial charge on any atom is 0.304 e. The van der Waals surface area contributed by atoms with Gasteiger partial charge in [0.1, 0.15) is 0 Å². The summed E-state index contributed by atoms with van der Waals surface area (Å²) in [5.41, 5.74) is 0.763. The number of hydrogen-bond acceptors (Lipinski definition) is 4. The van der Waals surface area contributed by atoms with Crippen LogP contribution in [0.1, 0.15) is 25.0 Å². The number of hydrogen-bond donors (Lipinski definition) is 3. The van der Waals surface area contributed by atoms with Crippen LogP contribution in [0, 0.1) is 0 Å². The summed E-state index contributed by atoms with van der Waals surface area (Å²) in [6, 6.07) is -0.0703. The zero-order chi connectivity index (χ0) is 11.4. The highest BCUT2D eigenvalue weighted by Gasteiger charge is 2.19. The molecular weight excluding hydrogens is 226 g/mol. The lowest BCUT2D eigenvalue weighted by molar-refractivity contribution is -0.123. The number of amides is 1. The third-order valence-corrected chi connectivity index (χ3v) is 3.37. The van der Waals surface area contributed by atoms with Gasteiger partial charge < -0.3 is 15.6 Å². The molecule has 0 bridgehead atoms. The van der Waals surface area contributed by atoms with Gasteiger partial charge in [0.15, 0.2) is 0 Å². The van der Waals surface area contributed by atoms with E-state index in [1.807, 2.05) is 0 Å². The predicted octanol–water partition coefficient (Wildman–Crippen LogP) is 0.195. The van der Waals surface area contributed by atoms with Crippen molar-refractivity contribution < 1.29 is 4.79 Å². The highest BCUT2D eigenvalue weighted by molar-refractivity contribution is 7.07. The molecule has 88 valence electrons. The number of carbonyl (C=O) groups excluding carboxylic acids is 1. The molecule has 5 nitrogen and oxygen atoms in total. The fourth-order valence-electron chi connectivity index (χ4n) is 1.78. The minimum Gasteiger partial charge on any atom is -0.349 e. The molecule has 0 saturated carbocycles. The van der Waals surface area contributed by atoms with Crippen molar-refractivity contribution in [3.63, 3.8) is 0 Å². The van der Waals surface area contributed by atoms with Crippen LogP contribution in [0.2, 0.25) is 0 Å². The van der Waals surface area contributed by atoms with E-state index in [1.54, 1.807) is 5.38 Å². The second-order valence-electron chi connectivity index (χ2n) is 3.89. The van der Waals surface area contributed by atoms with Crippen LogP contribution < -0.4 is 15.5 Å². The number of carbonyl (C=O) groups is 1. The van der Waals surface area contributed by atoms with Gasteiger partial charge >= 0.3 is 4.87 Å². The smallest absolute Gasteiger partial charge is 0.304 e. The van der Waals surface area contributed by atoms with Crippen molar-refractivity contribution in [1.29, 1.82) is 0 Å². The second kappa shape index (κ2) is 5.27. The van der Waals surface area contributed by atoms with E-state index >= 15 is 0 Å². The quantitative estimate of drug-likeness (QED) is 0.707. The summed E-state index contributed by atoms with van der Waals surface area (Å²) in [7, 11) is 0. The van der Waals surface area contributed by atoms with Crippen molar-refractivity contribution in [2.75, 3.05) is 6.54 Å². The molecule has 1 aromatic rings. The Hall–Kier alpha value is -1.14. The van der Waals surface area contributed by atoms with Crippen molar-refractivity contribution >= 4 is 17.2 Å². The number of rotatable bonds is 3. The maximum absolute atomic E-state index is 11.7. The first kappa shape index (κ1) is 11.3. The van der Waals surface area contributed by atoms with Crippen LogP contribution in [-0.4, -0.2) is 23.5 Å². The van der Waals surface area contributed by atoms with Crippen molar-refractivity contribution in [1.82, 2.24) is 15.6 Å². The molecule has 16 heavy (non-hydrogen) atoms. The highest BCUT2D eigenvalue weighted by atomic mass is 32.1. The molecule has 1 saturated heterocycles. The summed E-state index contributed by atoms with van der Waals surface area (Å²) in [5.74, 6) is 0.0201. The molecule has 6 heteroatoms. The molecule has 1 aliphatic rings. The van der Waals surface area contributed by atoms with Gasteiger partial charge in [-0.2, -0.15) is 0 Å². The summed E-state index contributed by atoms with van der Waals surface area (Å²) < 4.78 is 0. The van der Waals surface area contributed by atoms with Crippen LogP contribution in [0.4, 0.5) is 0 Å². The van der Waals surface area contributed by atoms with E-state index in [-0.39, 0.29) is 16.8 Å². The van der Waals surface area contributed by atoms with Gasteiger partial charge in [-0.25, -0.2) is 0 Å². The van der Waals surface area contributed by atoms with Crippen LogP contribution >= 0.6 is 11.3 Å². The number of piperidine rings is 1. The molecule has 0 unspecified atom stereocenters. The molecule has 2 heterocycles. The molecule has 0 aliphatic carbocycles. The summed E-state index contributed by atoms with van der Waals surface area (Å²) >= 11 is 1.11. The average molecular weight is 241 g/mol. The minimum atomic E-state index is -0.0833. The topological polar surface area (TPSA) is 74.0 Å². The standard InChI is InChI=1S/C10H15N3O2S/c14-9(8-3-1-2-4-11-8)12-5-7-6-16-10(15)13-7/h6,8,11H,1-5H2,(H,12,14)(H,13,15)/t8-/m0/s1. The SMILES string of the molecule is O=C(NCc1csc(=O)[nH]1)[C@@H]1CCCCN1. The van der Waals surface area contributed by atoms with Crippen LogP contribution in [0.5, 0.6) is 0 Å². The summed E-state index contributed by atoms with van der Waals surface area (Å²) in [5, 5.41) is 7.73. The van der Waals surface area contributed by atoms with E-state index in [1.165, 1.54) is 0 Å². The third kappa shape index (κ3) is 2.93. The minimum absolute atomic E-state index is 0.0201. The van der Waals surface area contributed by atoms with Gasteiger partial charge in [0.05, 0.1) is 12.6 Å². The van der Waals surface area contributed by atoms with E-state index < -0.39 is 0 Å². The normalized spacial score (nSPS) is 20.6. The van der Waals surface area contributed by atoms with Gasteiger partial charge in [-0.05, 0) is 19.4 Å². The van der Waals surface area contributed by atoms with Gasteiger partial charge in [-0.1, -0.05) is 17.8 Å². The maximum atomic E-state index is 11.7. The summed E-state index contributed by atoms with van der Waals surface area (Å²) in [4.78, 5) is 25.2. The molecule has 0 radical (unpaired) electrons. The predicted molar refractivity (Wildman–Crippen MR) is 62.4 cm³/mol. The number of nitrogens with one attached hydrogen (secondary N) is 3. The number of aromatic nitrogens is 1. The van der Waals surface area contributed by atoms with Crippen molar-refractivity contribution in [2.24, 2.45) is 0 Å². The molecule has 3 N–H and O–H groups in total. The van der Waals surface area contributed by atoms with E-state index in [0.29, 0.717) is 6.54 Å². The van der Waals surface area contributed by atoms with Crippen LogP contribution in [0.15, 0.2) is 10.2 Å². The first-order valence-electron chi connectivity index (χ1n) is 5.43. The lowest BCUT2D eigenvalue weighted by Crippen LogP contribution is -2.46. The van der Waals surface area contributed by atoms with Gasteiger partial charge in [0.2, 0.25) is 5.91 Å². The van der Waals surface area contributed by atoms with Crippen molar-refractivity contribution in [3.8, 4) is 0 Å². The monoisotopic (exact) mass is 241 g/mol. The van der Waals surface area contributed by atoms with E-state index in [4.69, 9.17) is 0 Å².